The molecule has 2 nitrogen and oxygen atoms in total. The van der Waals surface area contributed by atoms with Gasteiger partial charge < -0.3 is 5.11 Å². The molecule has 0 aliphatic heterocycles. The summed E-state index contributed by atoms with van der Waals surface area (Å²) in [6, 6.07) is 7.09. The van der Waals surface area contributed by atoms with Gasteiger partial charge in [-0.1, -0.05) is 32.9 Å². The topological polar surface area (TPSA) is 32.6 Å². The molecular formula is C12H17NO. The molecule has 0 heterocycles. The number of rotatable bonds is 2. The third kappa shape index (κ3) is 4.08. The molecule has 0 atom stereocenters. The molecule has 0 saturated heterocycles. The van der Waals surface area contributed by atoms with Gasteiger partial charge in [-0.3, -0.25) is 4.99 Å². The number of aromatic hydroxyl groups is 1. The van der Waals surface area contributed by atoms with E-state index in [1.54, 1.807) is 18.3 Å². The van der Waals surface area contributed by atoms with Crippen LogP contribution in [0.5, 0.6) is 5.75 Å². The van der Waals surface area contributed by atoms with Gasteiger partial charge in [0.2, 0.25) is 0 Å². The van der Waals surface area contributed by atoms with Crippen LogP contribution in [0.2, 0.25) is 0 Å². The van der Waals surface area contributed by atoms with E-state index in [0.717, 1.165) is 12.1 Å². The number of benzene rings is 1. The number of nitrogens with zero attached hydrogens (tertiary/aromatic N) is 1. The summed E-state index contributed by atoms with van der Waals surface area (Å²) in [6.45, 7) is 7.23. The largest absolute Gasteiger partial charge is 0.508 e. The zero-order chi connectivity index (χ0) is 10.6. The zero-order valence-electron chi connectivity index (χ0n) is 8.99. The Morgan fingerprint density at radius 1 is 1.36 bits per heavy atom. The van der Waals surface area contributed by atoms with Crippen LogP contribution in [0.3, 0.4) is 0 Å². The predicted octanol–water partition coefficient (Wildman–Crippen LogP) is 2.86. The van der Waals surface area contributed by atoms with Crippen molar-refractivity contribution in [1.29, 1.82) is 0 Å². The molecule has 0 saturated carbocycles. The number of hydrogen-bond donors (Lipinski definition) is 1. The van der Waals surface area contributed by atoms with Crippen molar-refractivity contribution in [3.8, 4) is 5.75 Å². The van der Waals surface area contributed by atoms with Crippen LogP contribution in [0.25, 0.3) is 0 Å². The minimum absolute atomic E-state index is 0.216. The average Bonchev–Trinajstić information content (AvgIpc) is 2.01. The smallest absolute Gasteiger partial charge is 0.116 e. The number of hydrogen-bond acceptors (Lipinski definition) is 2. The summed E-state index contributed by atoms with van der Waals surface area (Å²) < 4.78 is 0. The van der Waals surface area contributed by atoms with Crippen LogP contribution >= 0.6 is 0 Å². The molecule has 0 radical (unpaired) electrons. The van der Waals surface area contributed by atoms with E-state index in [1.807, 2.05) is 12.1 Å². The molecule has 1 aromatic carbocycles. The fraction of sp³-hybridized carbons (Fsp3) is 0.417. The Morgan fingerprint density at radius 3 is 2.64 bits per heavy atom. The maximum Gasteiger partial charge on any atom is 0.116 e. The van der Waals surface area contributed by atoms with Crippen molar-refractivity contribution in [2.24, 2.45) is 10.4 Å². The first-order chi connectivity index (χ1) is 6.47. The lowest BCUT2D eigenvalue weighted by Crippen LogP contribution is -2.09. The first-order valence-corrected chi connectivity index (χ1v) is 4.76. The Kier molecular flexibility index (Phi) is 3.28. The second-order valence-electron chi connectivity index (χ2n) is 4.63. The van der Waals surface area contributed by atoms with Crippen molar-refractivity contribution in [2.45, 2.75) is 20.8 Å². The van der Waals surface area contributed by atoms with Crippen molar-refractivity contribution in [2.75, 3.05) is 6.54 Å². The van der Waals surface area contributed by atoms with E-state index in [4.69, 9.17) is 0 Å². The average molecular weight is 191 g/mol. The Hall–Kier alpha value is -1.31. The van der Waals surface area contributed by atoms with Gasteiger partial charge >= 0.3 is 0 Å². The predicted molar refractivity (Wildman–Crippen MR) is 60.0 cm³/mol. The standard InChI is InChI=1S/C12H17NO/c1-12(2,3)9-13-8-10-5-4-6-11(14)7-10/h4-8,14H,9H2,1-3H3. The van der Waals surface area contributed by atoms with Gasteiger partial charge in [-0.15, -0.1) is 0 Å². The lowest BCUT2D eigenvalue weighted by atomic mass is 9.97. The van der Waals surface area contributed by atoms with E-state index >= 15 is 0 Å². The molecule has 14 heavy (non-hydrogen) atoms. The summed E-state index contributed by atoms with van der Waals surface area (Å²) in [6.07, 6.45) is 1.80. The van der Waals surface area contributed by atoms with Crippen LogP contribution < -0.4 is 0 Å². The van der Waals surface area contributed by atoms with Crippen molar-refractivity contribution in [3.05, 3.63) is 29.8 Å². The summed E-state index contributed by atoms with van der Waals surface area (Å²) in [5.41, 5.74) is 1.15. The monoisotopic (exact) mass is 191 g/mol. The van der Waals surface area contributed by atoms with Crippen LogP contribution in [0.15, 0.2) is 29.3 Å². The third-order valence-corrected chi connectivity index (χ3v) is 1.68. The number of aliphatic imine (C=N–C) groups is 1. The molecule has 1 aromatic rings. The molecular weight excluding hydrogens is 174 g/mol. The molecule has 0 aliphatic rings. The van der Waals surface area contributed by atoms with Crippen LogP contribution in [0.4, 0.5) is 0 Å². The quantitative estimate of drug-likeness (QED) is 0.716. The highest BCUT2D eigenvalue weighted by Crippen LogP contribution is 2.13. The lowest BCUT2D eigenvalue weighted by Gasteiger charge is -2.13. The third-order valence-electron chi connectivity index (χ3n) is 1.68. The van der Waals surface area contributed by atoms with Gasteiger partial charge in [0.05, 0.1) is 0 Å². The first kappa shape index (κ1) is 10.8. The molecule has 0 fully saturated rings. The van der Waals surface area contributed by atoms with E-state index in [2.05, 4.69) is 25.8 Å². The van der Waals surface area contributed by atoms with Crippen molar-refractivity contribution in [3.63, 3.8) is 0 Å². The van der Waals surface area contributed by atoms with Gasteiger partial charge in [-0.2, -0.15) is 0 Å². The second kappa shape index (κ2) is 4.27. The summed E-state index contributed by atoms with van der Waals surface area (Å²) in [5.74, 6) is 0.282. The highest BCUT2D eigenvalue weighted by molar-refractivity contribution is 5.80. The van der Waals surface area contributed by atoms with E-state index in [9.17, 15) is 5.11 Å². The minimum Gasteiger partial charge on any atom is -0.508 e. The van der Waals surface area contributed by atoms with E-state index < -0.39 is 0 Å². The summed E-state index contributed by atoms with van der Waals surface area (Å²) in [4.78, 5) is 4.32. The summed E-state index contributed by atoms with van der Waals surface area (Å²) in [7, 11) is 0. The SMILES string of the molecule is CC(C)(C)CN=Cc1cccc(O)c1. The molecule has 1 N–H and O–H groups in total. The van der Waals surface area contributed by atoms with Crippen LogP contribution in [0.1, 0.15) is 26.3 Å². The normalized spacial score (nSPS) is 12.2. The lowest BCUT2D eigenvalue weighted by molar-refractivity contribution is 0.430. The van der Waals surface area contributed by atoms with Gasteiger partial charge in [-0.05, 0) is 23.1 Å². The molecule has 0 aromatic heterocycles. The molecule has 2 heteroatoms. The Labute approximate surface area is 85.3 Å². The highest BCUT2D eigenvalue weighted by Gasteiger charge is 2.07. The molecule has 76 valence electrons. The number of phenolic OH excluding ortho intramolecular Hbond substituents is 1. The fourth-order valence-electron chi connectivity index (χ4n) is 1.03. The van der Waals surface area contributed by atoms with Crippen LogP contribution in [-0.2, 0) is 0 Å². The fourth-order valence-corrected chi connectivity index (χ4v) is 1.03. The molecule has 0 unspecified atom stereocenters. The Bertz CT molecular complexity index is 323. The summed E-state index contributed by atoms with van der Waals surface area (Å²) >= 11 is 0. The van der Waals surface area contributed by atoms with E-state index in [1.165, 1.54) is 0 Å². The molecule has 0 aliphatic carbocycles. The maximum atomic E-state index is 9.21. The first-order valence-electron chi connectivity index (χ1n) is 4.76. The Balaban J connectivity index is 2.61. The van der Waals surface area contributed by atoms with E-state index in [-0.39, 0.29) is 11.2 Å². The highest BCUT2D eigenvalue weighted by atomic mass is 16.3. The van der Waals surface area contributed by atoms with Gasteiger partial charge in [-0.25, -0.2) is 0 Å². The van der Waals surface area contributed by atoms with Gasteiger partial charge in [0.25, 0.3) is 0 Å². The molecule has 1 rings (SSSR count). The van der Waals surface area contributed by atoms with Crippen molar-refractivity contribution in [1.82, 2.24) is 0 Å². The zero-order valence-corrected chi connectivity index (χ0v) is 8.99. The van der Waals surface area contributed by atoms with Gasteiger partial charge in [0.15, 0.2) is 0 Å². The van der Waals surface area contributed by atoms with Gasteiger partial charge in [0.1, 0.15) is 5.75 Å². The van der Waals surface area contributed by atoms with Crippen molar-refractivity contribution >= 4 is 6.21 Å². The summed E-state index contributed by atoms with van der Waals surface area (Å²) in [5, 5.41) is 9.21. The van der Waals surface area contributed by atoms with E-state index in [0.29, 0.717) is 0 Å². The molecule has 0 bridgehead atoms. The van der Waals surface area contributed by atoms with Gasteiger partial charge in [0, 0.05) is 12.8 Å². The van der Waals surface area contributed by atoms with Crippen LogP contribution in [-0.4, -0.2) is 17.9 Å². The van der Waals surface area contributed by atoms with Crippen LogP contribution in [0, 0.1) is 5.41 Å². The second-order valence-corrected chi connectivity index (χ2v) is 4.63. The molecule has 0 spiro atoms. The minimum atomic E-state index is 0.216. The molecule has 0 amide bonds. The maximum absolute atomic E-state index is 9.21. The van der Waals surface area contributed by atoms with Crippen molar-refractivity contribution < 1.29 is 5.11 Å². The number of phenols is 1. The Morgan fingerprint density at radius 2 is 2.07 bits per heavy atom.